The predicted molar refractivity (Wildman–Crippen MR) is 63.1 cm³/mol. The van der Waals surface area contributed by atoms with E-state index in [1.165, 1.54) is 12.1 Å². The van der Waals surface area contributed by atoms with E-state index < -0.39 is 0 Å². The molecule has 0 spiro atoms. The van der Waals surface area contributed by atoms with E-state index in [-0.39, 0.29) is 11.2 Å². The summed E-state index contributed by atoms with van der Waals surface area (Å²) in [7, 11) is 0. The molecule has 0 saturated heterocycles. The molecule has 3 heteroatoms. The van der Waals surface area contributed by atoms with Gasteiger partial charge in [0.05, 0.1) is 5.69 Å². The second-order valence-corrected chi connectivity index (χ2v) is 3.58. The van der Waals surface area contributed by atoms with Crippen molar-refractivity contribution in [3.63, 3.8) is 0 Å². The molecule has 2 aromatic rings. The summed E-state index contributed by atoms with van der Waals surface area (Å²) in [5, 5.41) is 9.85. The van der Waals surface area contributed by atoms with E-state index in [0.29, 0.717) is 0 Å². The van der Waals surface area contributed by atoms with Gasteiger partial charge in [0.25, 0.3) is 0 Å². The lowest BCUT2D eigenvalue weighted by Gasteiger charge is -2.12. The lowest BCUT2D eigenvalue weighted by molar-refractivity contribution is 0.471. The molecule has 1 N–H and O–H groups in total. The summed E-state index contributed by atoms with van der Waals surface area (Å²) in [5.74, 6) is 0.225. The van der Waals surface area contributed by atoms with Gasteiger partial charge in [0.1, 0.15) is 5.75 Å². The Kier molecular flexibility index (Phi) is 2.77. The van der Waals surface area contributed by atoms with Gasteiger partial charge in [-0.05, 0) is 18.1 Å². The summed E-state index contributed by atoms with van der Waals surface area (Å²) in [6.07, 6.45) is 4.16. The number of aromatic hydroxyl groups is 1. The van der Waals surface area contributed by atoms with E-state index in [1.807, 2.05) is 19.1 Å². The smallest absolute Gasteiger partial charge is 0.181 e. The number of phenols is 1. The fourth-order valence-electron chi connectivity index (χ4n) is 1.72. The van der Waals surface area contributed by atoms with Gasteiger partial charge in [-0.15, -0.1) is 0 Å². The number of aryl methyl sites for hydroxylation is 1. The second kappa shape index (κ2) is 4.23. The molecular formula is C13H13NO2. The first-order valence-electron chi connectivity index (χ1n) is 5.22. The molecule has 1 aromatic heterocycles. The van der Waals surface area contributed by atoms with Crippen molar-refractivity contribution in [2.75, 3.05) is 0 Å². The molecule has 0 fully saturated rings. The van der Waals surface area contributed by atoms with Crippen molar-refractivity contribution >= 4 is 0 Å². The van der Waals surface area contributed by atoms with Gasteiger partial charge in [-0.2, -0.15) is 0 Å². The lowest BCUT2D eigenvalue weighted by atomic mass is 10.1. The van der Waals surface area contributed by atoms with E-state index >= 15 is 0 Å². The Labute approximate surface area is 93.6 Å². The Morgan fingerprint density at radius 3 is 2.50 bits per heavy atom. The van der Waals surface area contributed by atoms with Crippen molar-refractivity contribution in [3.8, 4) is 11.4 Å². The van der Waals surface area contributed by atoms with Crippen molar-refractivity contribution in [3.05, 3.63) is 58.5 Å². The quantitative estimate of drug-likeness (QED) is 0.833. The minimum atomic E-state index is -0.0373. The summed E-state index contributed by atoms with van der Waals surface area (Å²) in [5.41, 5.74) is 1.75. The molecule has 0 saturated carbocycles. The Bertz CT molecular complexity index is 538. The summed E-state index contributed by atoms with van der Waals surface area (Å²) in [4.78, 5) is 11.0. The normalized spacial score (nSPS) is 10.3. The van der Waals surface area contributed by atoms with Crippen LogP contribution in [0.2, 0.25) is 0 Å². The van der Waals surface area contributed by atoms with Crippen LogP contribution in [-0.4, -0.2) is 9.67 Å². The highest BCUT2D eigenvalue weighted by Crippen LogP contribution is 2.25. The number of nitrogens with zero attached hydrogens (tertiary/aromatic N) is 1. The first-order chi connectivity index (χ1) is 7.72. The van der Waals surface area contributed by atoms with Crippen LogP contribution in [0.25, 0.3) is 5.69 Å². The third-order valence-electron chi connectivity index (χ3n) is 2.54. The maximum Gasteiger partial charge on any atom is 0.181 e. The number of phenolic OH excluding ortho intramolecular Hbond substituents is 1. The molecular weight excluding hydrogens is 202 g/mol. The number of hydrogen-bond donors (Lipinski definition) is 1. The van der Waals surface area contributed by atoms with Gasteiger partial charge in [0, 0.05) is 24.5 Å². The van der Waals surface area contributed by atoms with Gasteiger partial charge in [0.2, 0.25) is 0 Å². The largest absolute Gasteiger partial charge is 0.506 e. The van der Waals surface area contributed by atoms with E-state index in [4.69, 9.17) is 0 Å². The van der Waals surface area contributed by atoms with Crippen LogP contribution in [0.3, 0.4) is 0 Å². The molecule has 0 atom stereocenters. The minimum absolute atomic E-state index is 0.0373. The molecule has 0 aliphatic carbocycles. The zero-order valence-electron chi connectivity index (χ0n) is 9.05. The van der Waals surface area contributed by atoms with Crippen molar-refractivity contribution in [1.82, 2.24) is 4.57 Å². The van der Waals surface area contributed by atoms with Crippen LogP contribution in [0, 0.1) is 0 Å². The van der Waals surface area contributed by atoms with Gasteiger partial charge in [-0.1, -0.05) is 19.1 Å². The monoisotopic (exact) mass is 215 g/mol. The van der Waals surface area contributed by atoms with Crippen LogP contribution in [0.1, 0.15) is 12.5 Å². The fraction of sp³-hybridized carbons (Fsp3) is 0.154. The van der Waals surface area contributed by atoms with Crippen LogP contribution in [0.15, 0.2) is 47.5 Å². The standard InChI is InChI=1S/C13H13NO2/c1-2-10-4-3-5-12(16)13(10)14-8-6-11(15)7-9-14/h3-9,16H,2H2,1H3. The number of benzene rings is 1. The molecule has 0 aliphatic rings. The molecule has 0 unspecified atom stereocenters. The van der Waals surface area contributed by atoms with Crippen molar-refractivity contribution in [1.29, 1.82) is 0 Å². The molecule has 16 heavy (non-hydrogen) atoms. The Hall–Kier alpha value is -2.03. The summed E-state index contributed by atoms with van der Waals surface area (Å²) >= 11 is 0. The average molecular weight is 215 g/mol. The van der Waals surface area contributed by atoms with Crippen molar-refractivity contribution < 1.29 is 5.11 Å². The van der Waals surface area contributed by atoms with E-state index in [0.717, 1.165) is 17.7 Å². The molecule has 82 valence electrons. The van der Waals surface area contributed by atoms with Gasteiger partial charge >= 0.3 is 0 Å². The van der Waals surface area contributed by atoms with E-state index in [9.17, 15) is 9.90 Å². The first kappa shape index (κ1) is 10.5. The summed E-state index contributed by atoms with van der Waals surface area (Å²) < 4.78 is 1.76. The number of aromatic nitrogens is 1. The van der Waals surface area contributed by atoms with E-state index in [1.54, 1.807) is 23.0 Å². The second-order valence-electron chi connectivity index (χ2n) is 3.58. The summed E-state index contributed by atoms with van der Waals surface area (Å²) in [6, 6.07) is 8.39. The Balaban J connectivity index is 2.63. The average Bonchev–Trinajstić information content (AvgIpc) is 2.30. The molecule has 0 bridgehead atoms. The predicted octanol–water partition coefficient (Wildman–Crippen LogP) is 2.11. The first-order valence-corrected chi connectivity index (χ1v) is 5.22. The third-order valence-corrected chi connectivity index (χ3v) is 2.54. The Morgan fingerprint density at radius 2 is 1.88 bits per heavy atom. The van der Waals surface area contributed by atoms with E-state index in [2.05, 4.69) is 0 Å². The van der Waals surface area contributed by atoms with Gasteiger partial charge in [-0.3, -0.25) is 4.79 Å². The summed E-state index contributed by atoms with van der Waals surface area (Å²) in [6.45, 7) is 2.03. The zero-order valence-corrected chi connectivity index (χ0v) is 9.05. The fourth-order valence-corrected chi connectivity index (χ4v) is 1.72. The van der Waals surface area contributed by atoms with Crippen molar-refractivity contribution in [2.24, 2.45) is 0 Å². The molecule has 3 nitrogen and oxygen atoms in total. The number of rotatable bonds is 2. The van der Waals surface area contributed by atoms with Gasteiger partial charge in [-0.25, -0.2) is 0 Å². The topological polar surface area (TPSA) is 42.2 Å². The third kappa shape index (κ3) is 1.84. The maximum absolute atomic E-state index is 11.0. The highest BCUT2D eigenvalue weighted by atomic mass is 16.3. The number of hydrogen-bond acceptors (Lipinski definition) is 2. The van der Waals surface area contributed by atoms with Gasteiger partial charge < -0.3 is 9.67 Å². The van der Waals surface area contributed by atoms with Crippen LogP contribution in [0.5, 0.6) is 5.75 Å². The molecule has 2 rings (SSSR count). The zero-order chi connectivity index (χ0) is 11.5. The minimum Gasteiger partial charge on any atom is -0.506 e. The molecule has 0 amide bonds. The SMILES string of the molecule is CCc1cccc(O)c1-n1ccc(=O)cc1. The molecule has 0 radical (unpaired) electrons. The van der Waals surface area contributed by atoms with Crippen LogP contribution in [0.4, 0.5) is 0 Å². The highest BCUT2D eigenvalue weighted by Gasteiger charge is 2.06. The van der Waals surface area contributed by atoms with Gasteiger partial charge in [0.15, 0.2) is 5.43 Å². The maximum atomic E-state index is 11.0. The number of para-hydroxylation sites is 1. The van der Waals surface area contributed by atoms with Crippen molar-refractivity contribution in [2.45, 2.75) is 13.3 Å². The number of pyridine rings is 1. The highest BCUT2D eigenvalue weighted by molar-refractivity contribution is 5.52. The van der Waals surface area contributed by atoms with Crippen LogP contribution >= 0.6 is 0 Å². The molecule has 1 heterocycles. The molecule has 1 aromatic carbocycles. The lowest BCUT2D eigenvalue weighted by Crippen LogP contribution is -2.04. The van der Waals surface area contributed by atoms with Crippen LogP contribution in [-0.2, 0) is 6.42 Å². The van der Waals surface area contributed by atoms with Crippen LogP contribution < -0.4 is 5.43 Å². The Morgan fingerprint density at radius 1 is 1.19 bits per heavy atom. The molecule has 0 aliphatic heterocycles.